The maximum atomic E-state index is 12.0. The lowest BCUT2D eigenvalue weighted by Crippen LogP contribution is -2.29. The van der Waals surface area contributed by atoms with Crippen LogP contribution < -0.4 is 10.2 Å². The van der Waals surface area contributed by atoms with Crippen LogP contribution in [0.4, 0.5) is 11.1 Å². The lowest BCUT2D eigenvalue weighted by atomic mass is 10.1. The van der Waals surface area contributed by atoms with Gasteiger partial charge in [0.25, 0.3) is 11.7 Å². The second kappa shape index (κ2) is 6.39. The molecule has 10 heteroatoms. The fraction of sp³-hybridized carbons (Fsp3) is 0.545. The van der Waals surface area contributed by atoms with Gasteiger partial charge in [-0.2, -0.15) is 4.98 Å². The van der Waals surface area contributed by atoms with Gasteiger partial charge in [0, 0.05) is 13.1 Å². The van der Waals surface area contributed by atoms with E-state index in [0.717, 1.165) is 30.3 Å². The Kier molecular flexibility index (Phi) is 4.34. The van der Waals surface area contributed by atoms with Crippen LogP contribution in [0.5, 0.6) is 0 Å². The molecule has 1 saturated heterocycles. The smallest absolute Gasteiger partial charge is 0.324 e. The van der Waals surface area contributed by atoms with Crippen LogP contribution in [-0.4, -0.2) is 45.6 Å². The van der Waals surface area contributed by atoms with Crippen molar-refractivity contribution >= 4 is 40.2 Å². The van der Waals surface area contributed by atoms with Crippen molar-refractivity contribution in [2.75, 3.05) is 29.6 Å². The first-order valence-electron chi connectivity index (χ1n) is 6.54. The zero-order valence-corrected chi connectivity index (χ0v) is 13.0. The molecule has 2 aromatic heterocycles. The van der Waals surface area contributed by atoms with Crippen molar-refractivity contribution in [1.82, 2.24) is 20.3 Å². The number of amides is 1. The largest absolute Gasteiger partial charge is 0.324 e. The highest BCUT2D eigenvalue weighted by atomic mass is 32.2. The van der Waals surface area contributed by atoms with Gasteiger partial charge in [0.05, 0.1) is 0 Å². The number of anilines is 2. The molecule has 1 amide bonds. The van der Waals surface area contributed by atoms with Gasteiger partial charge < -0.3 is 9.42 Å². The van der Waals surface area contributed by atoms with Crippen LogP contribution in [0.3, 0.4) is 0 Å². The van der Waals surface area contributed by atoms with Crippen LogP contribution in [0.2, 0.25) is 0 Å². The summed E-state index contributed by atoms with van der Waals surface area (Å²) in [4.78, 5) is 18.2. The number of hydrogen-bond acceptors (Lipinski definition) is 9. The average molecular weight is 326 g/mol. The molecule has 3 heterocycles. The molecule has 0 radical (unpaired) electrons. The van der Waals surface area contributed by atoms with Gasteiger partial charge in [-0.05, 0) is 30.7 Å². The molecule has 0 saturated carbocycles. The fourth-order valence-corrected chi connectivity index (χ4v) is 3.18. The van der Waals surface area contributed by atoms with E-state index in [0.29, 0.717) is 11.1 Å². The molecule has 0 spiro atoms. The third kappa shape index (κ3) is 3.32. The summed E-state index contributed by atoms with van der Waals surface area (Å²) in [5.41, 5.74) is 0. The SMILES string of the molecule is CSc1nnc(NC(=O)c2noc(N3CCCCC3)n2)s1. The summed E-state index contributed by atoms with van der Waals surface area (Å²) < 4.78 is 5.94. The minimum atomic E-state index is -0.439. The van der Waals surface area contributed by atoms with E-state index in [2.05, 4.69) is 25.7 Å². The normalized spacial score (nSPS) is 15.2. The molecular formula is C11H14N6O2S2. The Morgan fingerprint density at radius 2 is 2.14 bits per heavy atom. The monoisotopic (exact) mass is 326 g/mol. The number of rotatable bonds is 4. The predicted octanol–water partition coefficient (Wildman–Crippen LogP) is 1.89. The van der Waals surface area contributed by atoms with Gasteiger partial charge in [-0.25, -0.2) is 0 Å². The van der Waals surface area contributed by atoms with E-state index in [-0.39, 0.29) is 5.82 Å². The van der Waals surface area contributed by atoms with E-state index in [1.807, 2.05) is 11.2 Å². The van der Waals surface area contributed by atoms with Gasteiger partial charge in [0.2, 0.25) is 5.13 Å². The summed E-state index contributed by atoms with van der Waals surface area (Å²) in [6, 6.07) is 0.405. The number of piperidine rings is 1. The molecule has 0 aliphatic carbocycles. The molecule has 1 N–H and O–H groups in total. The summed E-state index contributed by atoms with van der Waals surface area (Å²) >= 11 is 2.78. The van der Waals surface area contributed by atoms with E-state index in [1.54, 1.807) is 0 Å². The second-order valence-electron chi connectivity index (χ2n) is 4.48. The van der Waals surface area contributed by atoms with E-state index < -0.39 is 5.91 Å². The molecule has 1 aliphatic rings. The summed E-state index contributed by atoms with van der Waals surface area (Å²) in [6.45, 7) is 1.77. The quantitative estimate of drug-likeness (QED) is 0.672. The summed E-state index contributed by atoms with van der Waals surface area (Å²) in [7, 11) is 0. The van der Waals surface area contributed by atoms with Crippen molar-refractivity contribution in [1.29, 1.82) is 0 Å². The molecule has 112 valence electrons. The van der Waals surface area contributed by atoms with Crippen molar-refractivity contribution in [3.63, 3.8) is 0 Å². The Hall–Kier alpha value is -1.68. The minimum absolute atomic E-state index is 0.0106. The number of nitrogens with zero attached hydrogens (tertiary/aromatic N) is 5. The Morgan fingerprint density at radius 1 is 1.33 bits per heavy atom. The van der Waals surface area contributed by atoms with Crippen LogP contribution >= 0.6 is 23.1 Å². The van der Waals surface area contributed by atoms with E-state index >= 15 is 0 Å². The molecule has 2 aromatic rings. The molecule has 21 heavy (non-hydrogen) atoms. The molecule has 1 aliphatic heterocycles. The fourth-order valence-electron chi connectivity index (χ4n) is 2.02. The first kappa shape index (κ1) is 14.3. The molecule has 1 fully saturated rings. The number of aromatic nitrogens is 4. The maximum absolute atomic E-state index is 12.0. The molecule has 0 bridgehead atoms. The van der Waals surface area contributed by atoms with Crippen LogP contribution in [0, 0.1) is 0 Å². The lowest BCUT2D eigenvalue weighted by molar-refractivity contribution is 0.101. The number of carbonyl (C=O) groups is 1. The van der Waals surface area contributed by atoms with Crippen LogP contribution in [0.15, 0.2) is 8.86 Å². The molecule has 8 nitrogen and oxygen atoms in total. The topological polar surface area (TPSA) is 97.0 Å². The van der Waals surface area contributed by atoms with Gasteiger partial charge >= 0.3 is 6.01 Å². The Labute approximate surface area is 129 Å². The number of nitrogens with one attached hydrogen (secondary N) is 1. The third-order valence-corrected chi connectivity index (χ3v) is 4.86. The van der Waals surface area contributed by atoms with Gasteiger partial charge in [-0.15, -0.1) is 10.2 Å². The number of thioether (sulfide) groups is 1. The summed E-state index contributed by atoms with van der Waals surface area (Å²) in [5.74, 6) is -0.428. The molecule has 3 rings (SSSR count). The summed E-state index contributed by atoms with van der Waals surface area (Å²) in [6.07, 6.45) is 5.32. The minimum Gasteiger partial charge on any atom is -0.324 e. The second-order valence-corrected chi connectivity index (χ2v) is 6.51. The first-order valence-corrected chi connectivity index (χ1v) is 8.58. The molecule has 0 unspecified atom stereocenters. The van der Waals surface area contributed by atoms with Crippen LogP contribution in [-0.2, 0) is 0 Å². The third-order valence-electron chi connectivity index (χ3n) is 3.05. The predicted molar refractivity (Wildman–Crippen MR) is 80.0 cm³/mol. The van der Waals surface area contributed by atoms with Crippen molar-refractivity contribution < 1.29 is 9.32 Å². The highest BCUT2D eigenvalue weighted by molar-refractivity contribution is 8.00. The Bertz CT molecular complexity index is 622. The van der Waals surface area contributed by atoms with E-state index in [4.69, 9.17) is 4.52 Å². The zero-order valence-electron chi connectivity index (χ0n) is 11.4. The van der Waals surface area contributed by atoms with Crippen LogP contribution in [0.25, 0.3) is 0 Å². The Balaban J connectivity index is 1.66. The van der Waals surface area contributed by atoms with Gasteiger partial charge in [0.1, 0.15) is 0 Å². The lowest BCUT2D eigenvalue weighted by Gasteiger charge is -2.23. The van der Waals surface area contributed by atoms with Crippen LogP contribution in [0.1, 0.15) is 29.9 Å². The van der Waals surface area contributed by atoms with Crippen molar-refractivity contribution in [2.24, 2.45) is 0 Å². The zero-order chi connectivity index (χ0) is 14.7. The first-order chi connectivity index (χ1) is 10.3. The van der Waals surface area contributed by atoms with Gasteiger partial charge in [-0.3, -0.25) is 10.1 Å². The van der Waals surface area contributed by atoms with E-state index in [9.17, 15) is 4.79 Å². The maximum Gasteiger partial charge on any atom is 0.324 e. The summed E-state index contributed by atoms with van der Waals surface area (Å²) in [5, 5.41) is 14.5. The van der Waals surface area contributed by atoms with Crippen molar-refractivity contribution in [3.8, 4) is 0 Å². The van der Waals surface area contributed by atoms with Crippen molar-refractivity contribution in [3.05, 3.63) is 5.82 Å². The Morgan fingerprint density at radius 3 is 2.86 bits per heavy atom. The van der Waals surface area contributed by atoms with E-state index in [1.165, 1.54) is 29.5 Å². The molecule has 0 atom stereocenters. The number of carbonyl (C=O) groups excluding carboxylic acids is 1. The van der Waals surface area contributed by atoms with Crippen molar-refractivity contribution in [2.45, 2.75) is 23.6 Å². The highest BCUT2D eigenvalue weighted by Gasteiger charge is 2.21. The molecular weight excluding hydrogens is 312 g/mol. The van der Waals surface area contributed by atoms with Gasteiger partial charge in [-0.1, -0.05) is 23.1 Å². The number of hydrogen-bond donors (Lipinski definition) is 1. The van der Waals surface area contributed by atoms with Gasteiger partial charge in [0.15, 0.2) is 4.34 Å². The molecule has 0 aromatic carbocycles. The average Bonchev–Trinajstić information content (AvgIpc) is 3.17. The highest BCUT2D eigenvalue weighted by Crippen LogP contribution is 2.23. The standard InChI is InChI=1S/C11H14N6O2S2/c1-20-11-15-14-9(21-11)13-8(18)7-12-10(19-16-7)17-5-3-2-4-6-17/h2-6H2,1H3,(H,13,14,18).